The highest BCUT2D eigenvalue weighted by Crippen LogP contribution is 2.20. The summed E-state index contributed by atoms with van der Waals surface area (Å²) in [6.07, 6.45) is 1.45. The molecule has 0 saturated heterocycles. The smallest absolute Gasteiger partial charge is 0.251 e. The maximum Gasteiger partial charge on any atom is 0.251 e. The molecule has 1 amide bonds. The SMILES string of the molecule is CCN(CC)S(=O)(=O)c1ccc([C@H](C)NC(=O)c2cccc(-n3cnnn3)c2)cc1. The van der Waals surface area contributed by atoms with E-state index in [0.29, 0.717) is 24.3 Å². The molecule has 0 spiro atoms. The van der Waals surface area contributed by atoms with E-state index in [0.717, 1.165) is 5.56 Å². The molecular formula is C20H24N6O3S. The Morgan fingerprint density at radius 2 is 1.83 bits per heavy atom. The molecule has 0 saturated carbocycles. The minimum absolute atomic E-state index is 0.239. The molecule has 0 aliphatic carbocycles. The second-order valence-electron chi connectivity index (χ2n) is 6.66. The zero-order valence-electron chi connectivity index (χ0n) is 17.1. The third-order valence-electron chi connectivity index (χ3n) is 4.79. The highest BCUT2D eigenvalue weighted by atomic mass is 32.2. The molecule has 1 N–H and O–H groups in total. The van der Waals surface area contributed by atoms with Crippen LogP contribution in [0.2, 0.25) is 0 Å². The molecule has 30 heavy (non-hydrogen) atoms. The fourth-order valence-corrected chi connectivity index (χ4v) is 4.53. The predicted molar refractivity (Wildman–Crippen MR) is 112 cm³/mol. The van der Waals surface area contributed by atoms with Gasteiger partial charge in [0.2, 0.25) is 10.0 Å². The van der Waals surface area contributed by atoms with Gasteiger partial charge in [-0.05, 0) is 53.2 Å². The van der Waals surface area contributed by atoms with E-state index < -0.39 is 10.0 Å². The van der Waals surface area contributed by atoms with Crippen LogP contribution in [-0.4, -0.2) is 51.9 Å². The highest BCUT2D eigenvalue weighted by Gasteiger charge is 2.21. The average molecular weight is 429 g/mol. The molecular weight excluding hydrogens is 404 g/mol. The Morgan fingerprint density at radius 1 is 1.13 bits per heavy atom. The topological polar surface area (TPSA) is 110 Å². The molecule has 9 nitrogen and oxygen atoms in total. The van der Waals surface area contributed by atoms with Crippen LogP contribution in [0.4, 0.5) is 0 Å². The van der Waals surface area contributed by atoms with Crippen molar-refractivity contribution in [2.75, 3.05) is 13.1 Å². The molecule has 0 aliphatic rings. The van der Waals surface area contributed by atoms with E-state index in [2.05, 4.69) is 20.8 Å². The number of carbonyl (C=O) groups is 1. The van der Waals surface area contributed by atoms with Crippen LogP contribution in [0.1, 0.15) is 42.7 Å². The molecule has 1 aromatic heterocycles. The molecule has 158 valence electrons. The summed E-state index contributed by atoms with van der Waals surface area (Å²) >= 11 is 0. The van der Waals surface area contributed by atoms with Crippen molar-refractivity contribution in [1.82, 2.24) is 29.8 Å². The first-order valence-electron chi connectivity index (χ1n) is 9.61. The van der Waals surface area contributed by atoms with Gasteiger partial charge in [0, 0.05) is 18.7 Å². The number of rotatable bonds is 8. The number of nitrogens with one attached hydrogen (secondary N) is 1. The lowest BCUT2D eigenvalue weighted by atomic mass is 10.1. The Kier molecular flexibility index (Phi) is 6.58. The van der Waals surface area contributed by atoms with E-state index in [9.17, 15) is 13.2 Å². The molecule has 3 rings (SSSR count). The van der Waals surface area contributed by atoms with Gasteiger partial charge in [0.05, 0.1) is 16.6 Å². The minimum Gasteiger partial charge on any atom is -0.346 e. The number of tetrazole rings is 1. The Morgan fingerprint density at radius 3 is 2.43 bits per heavy atom. The Balaban J connectivity index is 1.73. The van der Waals surface area contributed by atoms with Gasteiger partial charge in [-0.3, -0.25) is 4.79 Å². The number of nitrogens with zero attached hydrogens (tertiary/aromatic N) is 5. The number of aromatic nitrogens is 4. The van der Waals surface area contributed by atoms with Crippen LogP contribution in [0.25, 0.3) is 5.69 Å². The molecule has 2 aromatic carbocycles. The van der Waals surface area contributed by atoms with Crippen molar-refractivity contribution in [2.24, 2.45) is 0 Å². The van der Waals surface area contributed by atoms with Crippen LogP contribution in [0, 0.1) is 0 Å². The molecule has 3 aromatic rings. The number of hydrogen-bond acceptors (Lipinski definition) is 6. The van der Waals surface area contributed by atoms with E-state index in [-0.39, 0.29) is 16.8 Å². The third-order valence-corrected chi connectivity index (χ3v) is 6.86. The van der Waals surface area contributed by atoms with Crippen LogP contribution in [0.5, 0.6) is 0 Å². The van der Waals surface area contributed by atoms with Crippen molar-refractivity contribution in [2.45, 2.75) is 31.7 Å². The zero-order valence-corrected chi connectivity index (χ0v) is 17.9. The molecule has 0 bridgehead atoms. The van der Waals surface area contributed by atoms with Gasteiger partial charge in [-0.1, -0.05) is 32.0 Å². The van der Waals surface area contributed by atoms with Gasteiger partial charge in [-0.25, -0.2) is 13.1 Å². The molecule has 0 unspecified atom stereocenters. The van der Waals surface area contributed by atoms with Crippen molar-refractivity contribution >= 4 is 15.9 Å². The van der Waals surface area contributed by atoms with Crippen LogP contribution in [0.3, 0.4) is 0 Å². The molecule has 1 heterocycles. The van der Waals surface area contributed by atoms with Gasteiger partial charge in [0.15, 0.2) is 0 Å². The normalized spacial score (nSPS) is 12.7. The first-order valence-corrected chi connectivity index (χ1v) is 11.0. The zero-order chi connectivity index (χ0) is 21.7. The summed E-state index contributed by atoms with van der Waals surface area (Å²) in [5, 5.41) is 13.9. The van der Waals surface area contributed by atoms with Gasteiger partial charge < -0.3 is 5.32 Å². The van der Waals surface area contributed by atoms with E-state index in [1.165, 1.54) is 15.3 Å². The maximum atomic E-state index is 12.7. The molecule has 0 radical (unpaired) electrons. The van der Waals surface area contributed by atoms with E-state index in [1.807, 2.05) is 6.92 Å². The largest absolute Gasteiger partial charge is 0.346 e. The van der Waals surface area contributed by atoms with Crippen LogP contribution in [-0.2, 0) is 10.0 Å². The molecule has 1 atom stereocenters. The average Bonchev–Trinajstić information content (AvgIpc) is 3.29. The lowest BCUT2D eigenvalue weighted by Crippen LogP contribution is -2.30. The van der Waals surface area contributed by atoms with Crippen molar-refractivity contribution in [1.29, 1.82) is 0 Å². The minimum atomic E-state index is -3.51. The number of amides is 1. The number of hydrogen-bond donors (Lipinski definition) is 1. The van der Waals surface area contributed by atoms with Crippen LogP contribution >= 0.6 is 0 Å². The van der Waals surface area contributed by atoms with Crippen molar-refractivity contribution in [3.05, 3.63) is 66.0 Å². The first kappa shape index (κ1) is 21.6. The van der Waals surface area contributed by atoms with Gasteiger partial charge in [0.1, 0.15) is 6.33 Å². The summed E-state index contributed by atoms with van der Waals surface area (Å²) < 4.78 is 28.1. The predicted octanol–water partition coefficient (Wildman–Crippen LogP) is 2.18. The van der Waals surface area contributed by atoms with Crippen molar-refractivity contribution in [3.63, 3.8) is 0 Å². The maximum absolute atomic E-state index is 12.7. The fraction of sp³-hybridized carbons (Fsp3) is 0.300. The highest BCUT2D eigenvalue weighted by molar-refractivity contribution is 7.89. The second-order valence-corrected chi connectivity index (χ2v) is 8.60. The van der Waals surface area contributed by atoms with Gasteiger partial charge in [-0.15, -0.1) is 5.10 Å². The van der Waals surface area contributed by atoms with E-state index in [4.69, 9.17) is 0 Å². The van der Waals surface area contributed by atoms with Crippen molar-refractivity contribution < 1.29 is 13.2 Å². The monoisotopic (exact) mass is 428 g/mol. The summed E-state index contributed by atoms with van der Waals surface area (Å²) in [6.45, 7) is 6.29. The van der Waals surface area contributed by atoms with Crippen LogP contribution in [0.15, 0.2) is 59.8 Å². The van der Waals surface area contributed by atoms with E-state index >= 15 is 0 Å². The fourth-order valence-electron chi connectivity index (χ4n) is 3.07. The molecule has 0 fully saturated rings. The first-order chi connectivity index (χ1) is 14.4. The lowest BCUT2D eigenvalue weighted by molar-refractivity contribution is 0.0940. The summed E-state index contributed by atoms with van der Waals surface area (Å²) in [4.78, 5) is 12.9. The Labute approximate surface area is 175 Å². The third kappa shape index (κ3) is 4.55. The van der Waals surface area contributed by atoms with Crippen LogP contribution < -0.4 is 5.32 Å². The standard InChI is InChI=1S/C20H24N6O3S/c1-4-25(5-2)30(28,29)19-11-9-16(10-12-19)15(3)22-20(27)17-7-6-8-18(13-17)26-14-21-23-24-26/h6-15H,4-5H2,1-3H3,(H,22,27)/t15-/m0/s1. The van der Waals surface area contributed by atoms with E-state index in [1.54, 1.807) is 62.4 Å². The Hall–Kier alpha value is -3.11. The van der Waals surface area contributed by atoms with Gasteiger partial charge in [-0.2, -0.15) is 4.31 Å². The second kappa shape index (κ2) is 9.14. The summed E-state index contributed by atoms with van der Waals surface area (Å²) in [5.74, 6) is -0.253. The summed E-state index contributed by atoms with van der Waals surface area (Å²) in [7, 11) is -3.51. The number of carbonyl (C=O) groups excluding carboxylic acids is 1. The van der Waals surface area contributed by atoms with Gasteiger partial charge >= 0.3 is 0 Å². The number of sulfonamides is 1. The quantitative estimate of drug-likeness (QED) is 0.589. The van der Waals surface area contributed by atoms with Gasteiger partial charge in [0.25, 0.3) is 5.91 Å². The van der Waals surface area contributed by atoms with Crippen molar-refractivity contribution in [3.8, 4) is 5.69 Å². The molecule has 10 heteroatoms. The Bertz CT molecular complexity index is 1090. The lowest BCUT2D eigenvalue weighted by Gasteiger charge is -2.19. The number of benzene rings is 2. The summed E-state index contributed by atoms with van der Waals surface area (Å²) in [6, 6.07) is 13.2. The summed E-state index contributed by atoms with van der Waals surface area (Å²) in [5.41, 5.74) is 1.94. The molecule has 0 aliphatic heterocycles.